The first-order chi connectivity index (χ1) is 12.5. The minimum absolute atomic E-state index is 0.0418. The molecular formula is C22H29N3O. The third-order valence-corrected chi connectivity index (χ3v) is 5.42. The second-order valence-corrected chi connectivity index (χ2v) is 7.43. The number of rotatable bonds is 6. The number of benzene rings is 2. The van der Waals surface area contributed by atoms with Gasteiger partial charge in [0.2, 0.25) is 5.91 Å². The van der Waals surface area contributed by atoms with Crippen molar-refractivity contribution in [1.29, 1.82) is 0 Å². The molecule has 26 heavy (non-hydrogen) atoms. The standard InChI is InChI=1S/C22H29N3O/c1-16-13-20(15-25(16)14-18-9-5-3-6-10-18)24-22(26)17(2)21(23)19-11-7-4-8-12-19/h3-12,16-17,20-21H,13-15,23H2,1-2H3,(H,24,26). The van der Waals surface area contributed by atoms with E-state index in [9.17, 15) is 4.79 Å². The van der Waals surface area contributed by atoms with Crippen LogP contribution in [-0.4, -0.2) is 29.4 Å². The van der Waals surface area contributed by atoms with Crippen molar-refractivity contribution in [3.63, 3.8) is 0 Å². The molecule has 0 aromatic heterocycles. The number of hydrogen-bond acceptors (Lipinski definition) is 3. The minimum atomic E-state index is -0.282. The molecule has 1 aliphatic rings. The van der Waals surface area contributed by atoms with E-state index in [1.165, 1.54) is 5.56 Å². The third kappa shape index (κ3) is 4.51. The van der Waals surface area contributed by atoms with Gasteiger partial charge < -0.3 is 11.1 Å². The molecule has 0 saturated carbocycles. The quantitative estimate of drug-likeness (QED) is 0.841. The Bertz CT molecular complexity index is 704. The summed E-state index contributed by atoms with van der Waals surface area (Å²) in [5.41, 5.74) is 8.61. The highest BCUT2D eigenvalue weighted by Gasteiger charge is 2.32. The fourth-order valence-electron chi connectivity index (χ4n) is 3.70. The van der Waals surface area contributed by atoms with Gasteiger partial charge in [-0.25, -0.2) is 0 Å². The molecule has 138 valence electrons. The molecule has 4 atom stereocenters. The number of nitrogens with two attached hydrogens (primary N) is 1. The van der Waals surface area contributed by atoms with Crippen LogP contribution in [0.15, 0.2) is 60.7 Å². The van der Waals surface area contributed by atoms with Crippen LogP contribution in [0.5, 0.6) is 0 Å². The number of likely N-dealkylation sites (tertiary alicyclic amines) is 1. The Kier molecular flexibility index (Phi) is 6.07. The predicted octanol–water partition coefficient (Wildman–Crippen LogP) is 3.10. The van der Waals surface area contributed by atoms with Crippen LogP contribution >= 0.6 is 0 Å². The smallest absolute Gasteiger partial charge is 0.225 e. The van der Waals surface area contributed by atoms with E-state index in [-0.39, 0.29) is 23.9 Å². The summed E-state index contributed by atoms with van der Waals surface area (Å²) in [7, 11) is 0. The van der Waals surface area contributed by atoms with Crippen molar-refractivity contribution >= 4 is 5.91 Å². The first-order valence-electron chi connectivity index (χ1n) is 9.43. The zero-order chi connectivity index (χ0) is 18.5. The molecule has 1 fully saturated rings. The van der Waals surface area contributed by atoms with Crippen LogP contribution in [0.3, 0.4) is 0 Å². The summed E-state index contributed by atoms with van der Waals surface area (Å²) in [6.45, 7) is 5.95. The monoisotopic (exact) mass is 351 g/mol. The number of carbonyl (C=O) groups excluding carboxylic acids is 1. The Balaban J connectivity index is 1.54. The van der Waals surface area contributed by atoms with E-state index in [0.29, 0.717) is 6.04 Å². The van der Waals surface area contributed by atoms with Crippen molar-refractivity contribution in [2.45, 2.75) is 44.9 Å². The average Bonchev–Trinajstić information content (AvgIpc) is 3.00. The largest absolute Gasteiger partial charge is 0.352 e. The van der Waals surface area contributed by atoms with E-state index in [0.717, 1.165) is 25.1 Å². The second-order valence-electron chi connectivity index (χ2n) is 7.43. The predicted molar refractivity (Wildman–Crippen MR) is 105 cm³/mol. The maximum Gasteiger partial charge on any atom is 0.225 e. The molecule has 4 heteroatoms. The highest BCUT2D eigenvalue weighted by atomic mass is 16.2. The first kappa shape index (κ1) is 18.6. The van der Waals surface area contributed by atoms with Gasteiger partial charge in [0, 0.05) is 31.2 Å². The van der Waals surface area contributed by atoms with Gasteiger partial charge in [0.15, 0.2) is 0 Å². The Morgan fingerprint density at radius 3 is 2.42 bits per heavy atom. The van der Waals surface area contributed by atoms with E-state index in [4.69, 9.17) is 5.73 Å². The number of amides is 1. The van der Waals surface area contributed by atoms with E-state index in [1.807, 2.05) is 43.3 Å². The Morgan fingerprint density at radius 1 is 1.15 bits per heavy atom. The van der Waals surface area contributed by atoms with Gasteiger partial charge in [0.25, 0.3) is 0 Å². The molecule has 1 saturated heterocycles. The van der Waals surface area contributed by atoms with Crippen molar-refractivity contribution in [3.05, 3.63) is 71.8 Å². The highest BCUT2D eigenvalue weighted by molar-refractivity contribution is 5.79. The summed E-state index contributed by atoms with van der Waals surface area (Å²) in [5.74, 6) is -0.212. The van der Waals surface area contributed by atoms with Crippen LogP contribution in [0.2, 0.25) is 0 Å². The van der Waals surface area contributed by atoms with Crippen molar-refractivity contribution in [2.75, 3.05) is 6.54 Å². The summed E-state index contributed by atoms with van der Waals surface area (Å²) < 4.78 is 0. The molecule has 2 aromatic carbocycles. The van der Waals surface area contributed by atoms with E-state index < -0.39 is 0 Å². The first-order valence-corrected chi connectivity index (χ1v) is 9.43. The summed E-state index contributed by atoms with van der Waals surface area (Å²) in [6.07, 6.45) is 0.978. The van der Waals surface area contributed by atoms with Gasteiger partial charge in [-0.15, -0.1) is 0 Å². The van der Waals surface area contributed by atoms with Crippen molar-refractivity contribution in [1.82, 2.24) is 10.2 Å². The topological polar surface area (TPSA) is 58.4 Å². The molecule has 3 N–H and O–H groups in total. The summed E-state index contributed by atoms with van der Waals surface area (Å²) >= 11 is 0. The average molecular weight is 351 g/mol. The molecule has 2 aromatic rings. The maximum atomic E-state index is 12.7. The fraction of sp³-hybridized carbons (Fsp3) is 0.409. The SMILES string of the molecule is CC(C(=O)NC1CC(C)N(Cc2ccccc2)C1)C(N)c1ccccc1. The van der Waals surface area contributed by atoms with Crippen LogP contribution < -0.4 is 11.1 Å². The van der Waals surface area contributed by atoms with E-state index in [1.54, 1.807) is 0 Å². The van der Waals surface area contributed by atoms with Crippen molar-refractivity contribution < 1.29 is 4.79 Å². The Labute approximate surface area is 156 Å². The molecule has 3 rings (SSSR count). The van der Waals surface area contributed by atoms with Gasteiger partial charge in [0.1, 0.15) is 0 Å². The second kappa shape index (κ2) is 8.47. The van der Waals surface area contributed by atoms with Crippen LogP contribution in [0.1, 0.15) is 37.4 Å². The zero-order valence-electron chi connectivity index (χ0n) is 15.6. The van der Waals surface area contributed by atoms with Gasteiger partial charge in [-0.05, 0) is 24.5 Å². The molecule has 0 spiro atoms. The van der Waals surface area contributed by atoms with Gasteiger partial charge in [0.05, 0.1) is 5.92 Å². The van der Waals surface area contributed by atoms with E-state index >= 15 is 0 Å². The molecule has 0 bridgehead atoms. The highest BCUT2D eigenvalue weighted by Crippen LogP contribution is 2.23. The minimum Gasteiger partial charge on any atom is -0.352 e. The number of carbonyl (C=O) groups is 1. The van der Waals surface area contributed by atoms with Crippen molar-refractivity contribution in [3.8, 4) is 0 Å². The number of nitrogens with one attached hydrogen (secondary N) is 1. The lowest BCUT2D eigenvalue weighted by molar-refractivity contribution is -0.125. The van der Waals surface area contributed by atoms with Crippen LogP contribution in [0.4, 0.5) is 0 Å². The van der Waals surface area contributed by atoms with E-state index in [2.05, 4.69) is 41.4 Å². The summed E-state index contributed by atoms with van der Waals surface area (Å²) in [4.78, 5) is 15.1. The molecule has 4 nitrogen and oxygen atoms in total. The lowest BCUT2D eigenvalue weighted by Crippen LogP contribution is -2.42. The van der Waals surface area contributed by atoms with Crippen LogP contribution in [-0.2, 0) is 11.3 Å². The van der Waals surface area contributed by atoms with Gasteiger partial charge >= 0.3 is 0 Å². The molecule has 0 radical (unpaired) electrons. The fourth-order valence-corrected chi connectivity index (χ4v) is 3.70. The van der Waals surface area contributed by atoms with Crippen LogP contribution in [0.25, 0.3) is 0 Å². The molecule has 1 aliphatic heterocycles. The lowest BCUT2D eigenvalue weighted by Gasteiger charge is -2.23. The maximum absolute atomic E-state index is 12.7. The molecular weight excluding hydrogens is 322 g/mol. The Morgan fingerprint density at radius 2 is 1.77 bits per heavy atom. The normalized spacial score (nSPS) is 22.7. The van der Waals surface area contributed by atoms with Gasteiger partial charge in [-0.2, -0.15) is 0 Å². The molecule has 0 aliphatic carbocycles. The third-order valence-electron chi connectivity index (χ3n) is 5.42. The van der Waals surface area contributed by atoms with Crippen LogP contribution in [0, 0.1) is 5.92 Å². The lowest BCUT2D eigenvalue weighted by atomic mass is 9.94. The molecule has 1 heterocycles. The molecule has 4 unspecified atom stereocenters. The number of hydrogen-bond donors (Lipinski definition) is 2. The molecule has 1 amide bonds. The number of nitrogens with zero attached hydrogens (tertiary/aromatic N) is 1. The van der Waals surface area contributed by atoms with Crippen molar-refractivity contribution in [2.24, 2.45) is 11.7 Å². The summed E-state index contributed by atoms with van der Waals surface area (Å²) in [6, 6.07) is 20.7. The van der Waals surface area contributed by atoms with Gasteiger partial charge in [-0.1, -0.05) is 67.6 Å². The van der Waals surface area contributed by atoms with Gasteiger partial charge in [-0.3, -0.25) is 9.69 Å². The Hall–Kier alpha value is -2.17. The summed E-state index contributed by atoms with van der Waals surface area (Å²) in [5, 5.41) is 3.21. The zero-order valence-corrected chi connectivity index (χ0v) is 15.6.